The highest BCUT2D eigenvalue weighted by Gasteiger charge is 2.41. The Kier molecular flexibility index (Phi) is 1.32. The first-order chi connectivity index (χ1) is 3.27. The van der Waals surface area contributed by atoms with Crippen molar-refractivity contribution in [2.24, 2.45) is 10.7 Å². The molecule has 4 heteroatoms. The third kappa shape index (κ3) is 1.36. The van der Waals surface area contributed by atoms with Crippen LogP contribution in [-0.2, 0) is 0 Å². The fraction of sp³-hybridized carbons (Fsp3) is 0.667. The Hall–Kier alpha value is 0.330. The lowest BCUT2D eigenvalue weighted by atomic mass is 10.9. The molecule has 0 aliphatic carbocycles. The van der Waals surface area contributed by atoms with E-state index in [1.165, 1.54) is 0 Å². The first-order valence-electron chi connectivity index (χ1n) is 1.92. The molecule has 2 N–H and O–H groups in total. The lowest BCUT2D eigenvalue weighted by Gasteiger charge is -1.89. The lowest BCUT2D eigenvalue weighted by molar-refractivity contribution is 0.954. The normalized spacial score (nSPS) is 26.0. The molecule has 40 valence electrons. The van der Waals surface area contributed by atoms with Crippen molar-refractivity contribution in [3.8, 4) is 0 Å². The van der Waals surface area contributed by atoms with Crippen LogP contribution in [0.4, 0.5) is 0 Å². The average molecular weight is 134 g/mol. The van der Waals surface area contributed by atoms with Gasteiger partial charge in [-0.05, 0) is 34.7 Å². The predicted octanol–water partition coefficient (Wildman–Crippen LogP) is 1.04. The highest BCUT2D eigenvalue weighted by molar-refractivity contribution is 8.93. The van der Waals surface area contributed by atoms with Gasteiger partial charge in [0.15, 0.2) is 0 Å². The van der Waals surface area contributed by atoms with Gasteiger partial charge in [0.05, 0.1) is 0 Å². The maximum Gasteiger partial charge on any atom is 0.223 e. The number of hydrogen-bond acceptors (Lipinski definition) is 4. The first kappa shape index (κ1) is 5.47. The van der Waals surface area contributed by atoms with Gasteiger partial charge >= 0.3 is 0 Å². The summed E-state index contributed by atoms with van der Waals surface area (Å²) in [5, 5.41) is 0. The highest BCUT2D eigenvalue weighted by atomic mass is 33.2. The zero-order valence-corrected chi connectivity index (χ0v) is 5.55. The van der Waals surface area contributed by atoms with Crippen LogP contribution < -0.4 is 5.73 Å². The van der Waals surface area contributed by atoms with Crippen molar-refractivity contribution in [3.63, 3.8) is 0 Å². The fourth-order valence-corrected chi connectivity index (χ4v) is 1.16. The van der Waals surface area contributed by atoms with E-state index in [0.29, 0.717) is 0 Å². The van der Waals surface area contributed by atoms with Crippen molar-refractivity contribution in [2.75, 3.05) is 0 Å². The molecule has 0 amide bonds. The molecule has 0 spiro atoms. The lowest BCUT2D eigenvalue weighted by Crippen LogP contribution is -2.14. The molecule has 0 aromatic carbocycles. The van der Waals surface area contributed by atoms with Crippen LogP contribution in [0.15, 0.2) is 4.99 Å². The van der Waals surface area contributed by atoms with Crippen LogP contribution in [0.25, 0.3) is 0 Å². The van der Waals surface area contributed by atoms with Gasteiger partial charge in [0.2, 0.25) is 4.33 Å². The monoisotopic (exact) mass is 134 g/mol. The van der Waals surface area contributed by atoms with Crippen LogP contribution in [0.3, 0.4) is 0 Å². The molecular formula is C3H6N2S2. The van der Waals surface area contributed by atoms with E-state index >= 15 is 0 Å². The minimum Gasteiger partial charge on any atom is -0.288 e. The SMILES string of the molecule is CC=NC1(N)SS1. The Labute approximate surface area is 50.3 Å². The van der Waals surface area contributed by atoms with E-state index in [4.69, 9.17) is 5.73 Å². The molecule has 1 aliphatic heterocycles. The number of nitrogens with zero attached hydrogens (tertiary/aromatic N) is 1. The van der Waals surface area contributed by atoms with E-state index in [-0.39, 0.29) is 4.33 Å². The molecule has 0 saturated carbocycles. The summed E-state index contributed by atoms with van der Waals surface area (Å²) in [6.07, 6.45) is 1.73. The molecule has 0 unspecified atom stereocenters. The van der Waals surface area contributed by atoms with Crippen molar-refractivity contribution in [1.82, 2.24) is 0 Å². The second-order valence-electron chi connectivity index (χ2n) is 1.18. The molecule has 1 heterocycles. The number of hydrogen-bond donors (Lipinski definition) is 1. The van der Waals surface area contributed by atoms with Gasteiger partial charge in [-0.1, -0.05) is 0 Å². The Morgan fingerprint density at radius 3 is 2.43 bits per heavy atom. The van der Waals surface area contributed by atoms with Gasteiger partial charge in [-0.3, -0.25) is 10.7 Å². The van der Waals surface area contributed by atoms with Gasteiger partial charge in [0, 0.05) is 0 Å². The third-order valence-electron chi connectivity index (χ3n) is 0.563. The van der Waals surface area contributed by atoms with Gasteiger partial charge in [-0.15, -0.1) is 0 Å². The van der Waals surface area contributed by atoms with Gasteiger partial charge in [-0.2, -0.15) is 0 Å². The zero-order valence-electron chi connectivity index (χ0n) is 3.92. The van der Waals surface area contributed by atoms with Crippen molar-refractivity contribution in [2.45, 2.75) is 11.3 Å². The van der Waals surface area contributed by atoms with Crippen LogP contribution >= 0.6 is 21.6 Å². The summed E-state index contributed by atoms with van der Waals surface area (Å²) in [7, 11) is 3.18. The van der Waals surface area contributed by atoms with Crippen molar-refractivity contribution < 1.29 is 0 Å². The molecule has 7 heavy (non-hydrogen) atoms. The Bertz CT molecular complexity index is 97.1. The molecule has 1 fully saturated rings. The van der Waals surface area contributed by atoms with Crippen LogP contribution in [0.2, 0.25) is 0 Å². The standard InChI is InChI=1S/C3H6N2S2/c1-2-5-3(4)6-7-3/h2H,4H2,1H3. The zero-order chi connectivity index (χ0) is 5.33. The summed E-state index contributed by atoms with van der Waals surface area (Å²) in [6, 6.07) is 0. The molecule has 0 aromatic rings. The summed E-state index contributed by atoms with van der Waals surface area (Å²) < 4.78 is -0.297. The van der Waals surface area contributed by atoms with Crippen molar-refractivity contribution in [3.05, 3.63) is 0 Å². The minimum atomic E-state index is -0.297. The number of nitrogens with two attached hydrogens (primary N) is 1. The molecule has 1 saturated heterocycles. The molecular weight excluding hydrogens is 128 g/mol. The second kappa shape index (κ2) is 1.69. The van der Waals surface area contributed by atoms with Crippen molar-refractivity contribution in [1.29, 1.82) is 0 Å². The van der Waals surface area contributed by atoms with Crippen LogP contribution in [0.5, 0.6) is 0 Å². The van der Waals surface area contributed by atoms with Gasteiger partial charge < -0.3 is 0 Å². The number of rotatable bonds is 1. The molecule has 0 bridgehead atoms. The fourth-order valence-electron chi connectivity index (χ4n) is 0.266. The number of aliphatic imine (C=N–C) groups is 1. The van der Waals surface area contributed by atoms with Gasteiger partial charge in [-0.25, -0.2) is 0 Å². The molecule has 1 aliphatic rings. The molecule has 2 nitrogen and oxygen atoms in total. The minimum absolute atomic E-state index is 0.297. The van der Waals surface area contributed by atoms with E-state index < -0.39 is 0 Å². The molecule has 0 aromatic heterocycles. The van der Waals surface area contributed by atoms with Gasteiger partial charge in [0.1, 0.15) is 0 Å². The summed E-state index contributed by atoms with van der Waals surface area (Å²) in [5.41, 5.74) is 5.49. The Morgan fingerprint density at radius 1 is 1.71 bits per heavy atom. The van der Waals surface area contributed by atoms with E-state index in [9.17, 15) is 0 Å². The summed E-state index contributed by atoms with van der Waals surface area (Å²) >= 11 is 0. The second-order valence-corrected chi connectivity index (χ2v) is 4.02. The average Bonchev–Trinajstić information content (AvgIpc) is 2.22. The van der Waals surface area contributed by atoms with Crippen molar-refractivity contribution >= 4 is 27.8 Å². The van der Waals surface area contributed by atoms with Crippen LogP contribution in [-0.4, -0.2) is 10.5 Å². The Balaban J connectivity index is 2.40. The quantitative estimate of drug-likeness (QED) is 0.331. The van der Waals surface area contributed by atoms with Gasteiger partial charge in [0.25, 0.3) is 0 Å². The molecule has 0 radical (unpaired) electrons. The largest absolute Gasteiger partial charge is 0.288 e. The summed E-state index contributed by atoms with van der Waals surface area (Å²) in [4.78, 5) is 3.95. The molecule has 1 rings (SSSR count). The topological polar surface area (TPSA) is 38.4 Å². The van der Waals surface area contributed by atoms with Crippen LogP contribution in [0, 0.1) is 0 Å². The maximum atomic E-state index is 5.49. The maximum absolute atomic E-state index is 5.49. The van der Waals surface area contributed by atoms with E-state index in [2.05, 4.69) is 4.99 Å². The highest BCUT2D eigenvalue weighted by Crippen LogP contribution is 2.61. The Morgan fingerprint density at radius 2 is 2.29 bits per heavy atom. The predicted molar refractivity (Wildman–Crippen MR) is 36.3 cm³/mol. The van der Waals surface area contributed by atoms with Crippen LogP contribution in [0.1, 0.15) is 6.92 Å². The van der Waals surface area contributed by atoms with E-state index in [0.717, 1.165) is 0 Å². The summed E-state index contributed by atoms with van der Waals surface area (Å²) in [5.74, 6) is 0. The molecule has 0 atom stereocenters. The summed E-state index contributed by atoms with van der Waals surface area (Å²) in [6.45, 7) is 1.87. The third-order valence-corrected chi connectivity index (χ3v) is 2.81. The van der Waals surface area contributed by atoms with E-state index in [1.807, 2.05) is 6.92 Å². The van der Waals surface area contributed by atoms with E-state index in [1.54, 1.807) is 27.8 Å². The smallest absolute Gasteiger partial charge is 0.223 e. The first-order valence-corrected chi connectivity index (χ1v) is 4.07.